The van der Waals surface area contributed by atoms with Gasteiger partial charge in [0, 0.05) is 26.2 Å². The van der Waals surface area contributed by atoms with E-state index in [1.165, 1.54) is 0 Å². The molecule has 33 heavy (non-hydrogen) atoms. The molecule has 2 heterocycles. The maximum absolute atomic E-state index is 13.5. The Morgan fingerprint density at radius 2 is 1.70 bits per heavy atom. The van der Waals surface area contributed by atoms with Crippen molar-refractivity contribution in [3.8, 4) is 5.75 Å². The molecule has 1 aromatic heterocycles. The van der Waals surface area contributed by atoms with Gasteiger partial charge in [0.15, 0.2) is 0 Å². The third-order valence-corrected chi connectivity index (χ3v) is 8.52. The van der Waals surface area contributed by atoms with E-state index in [0.29, 0.717) is 26.2 Å². The number of rotatable bonds is 8. The zero-order valence-electron chi connectivity index (χ0n) is 18.4. The van der Waals surface area contributed by atoms with Crippen molar-refractivity contribution in [2.45, 2.75) is 16.7 Å². The van der Waals surface area contributed by atoms with Crippen LogP contribution in [0.4, 0.5) is 5.69 Å². The van der Waals surface area contributed by atoms with Crippen molar-refractivity contribution in [3.63, 3.8) is 0 Å². The number of sulfonamides is 1. The molecule has 0 spiro atoms. The van der Waals surface area contributed by atoms with Crippen molar-refractivity contribution in [2.24, 2.45) is 0 Å². The lowest BCUT2D eigenvalue weighted by molar-refractivity contribution is -0.133. The van der Waals surface area contributed by atoms with E-state index < -0.39 is 16.1 Å². The predicted molar refractivity (Wildman–Crippen MR) is 130 cm³/mol. The van der Waals surface area contributed by atoms with Crippen molar-refractivity contribution in [3.05, 3.63) is 77.7 Å². The molecular formula is C24H27N3O4S2. The number of benzene rings is 2. The highest BCUT2D eigenvalue weighted by Gasteiger charge is 2.32. The molecule has 1 aliphatic rings. The van der Waals surface area contributed by atoms with E-state index in [2.05, 4.69) is 9.62 Å². The van der Waals surface area contributed by atoms with Crippen LogP contribution in [0.2, 0.25) is 0 Å². The minimum absolute atomic E-state index is 0.203. The molecule has 1 atom stereocenters. The quantitative estimate of drug-likeness (QED) is 0.531. The smallest absolute Gasteiger partial charge is 0.250 e. The second-order valence-electron chi connectivity index (χ2n) is 7.78. The van der Waals surface area contributed by atoms with Gasteiger partial charge in [-0.1, -0.05) is 48.5 Å². The summed E-state index contributed by atoms with van der Waals surface area (Å²) in [5.74, 6) is 0.585. The van der Waals surface area contributed by atoms with Crippen LogP contribution >= 0.6 is 11.3 Å². The number of carbonyl (C=O) groups is 1. The van der Waals surface area contributed by atoms with Crippen LogP contribution in [-0.4, -0.2) is 58.6 Å². The predicted octanol–water partition coefficient (Wildman–Crippen LogP) is 3.00. The Morgan fingerprint density at radius 3 is 2.36 bits per heavy atom. The van der Waals surface area contributed by atoms with E-state index in [-0.39, 0.29) is 16.5 Å². The van der Waals surface area contributed by atoms with Crippen LogP contribution in [0, 0.1) is 0 Å². The van der Waals surface area contributed by atoms with E-state index in [4.69, 9.17) is 4.74 Å². The van der Waals surface area contributed by atoms with Crippen LogP contribution < -0.4 is 14.4 Å². The highest BCUT2D eigenvalue weighted by molar-refractivity contribution is 7.91. The van der Waals surface area contributed by atoms with Crippen molar-refractivity contribution in [2.75, 3.05) is 38.2 Å². The fraction of sp³-hybridized carbons (Fsp3) is 0.292. The topological polar surface area (TPSA) is 79.0 Å². The van der Waals surface area contributed by atoms with Crippen LogP contribution in [0.1, 0.15) is 5.56 Å². The summed E-state index contributed by atoms with van der Waals surface area (Å²) in [6, 6.07) is 19.6. The summed E-state index contributed by atoms with van der Waals surface area (Å²) in [7, 11) is -2.14. The molecule has 0 unspecified atom stereocenters. The molecule has 174 valence electrons. The summed E-state index contributed by atoms with van der Waals surface area (Å²) >= 11 is 1.13. The summed E-state index contributed by atoms with van der Waals surface area (Å²) < 4.78 is 34.1. The van der Waals surface area contributed by atoms with Gasteiger partial charge in [-0.3, -0.25) is 4.79 Å². The fourth-order valence-corrected chi connectivity index (χ4v) is 6.17. The maximum atomic E-state index is 13.5. The standard InChI is InChI=1S/C24H27N3O4S2/c1-31-22-11-6-5-10-21(22)26-13-15-27(16-14-26)24(28)20(18-19-8-3-2-4-9-19)25-33(29,30)23-12-7-17-32-23/h2-12,17,20,25H,13-16,18H2,1H3/t20-/m1/s1. The molecule has 1 N–H and O–H groups in total. The van der Waals surface area contributed by atoms with Crippen LogP contribution in [0.15, 0.2) is 76.3 Å². The Balaban J connectivity index is 1.49. The second-order valence-corrected chi connectivity index (χ2v) is 10.7. The van der Waals surface area contributed by atoms with Gasteiger partial charge in [0.05, 0.1) is 12.8 Å². The van der Waals surface area contributed by atoms with Crippen LogP contribution in [0.5, 0.6) is 5.75 Å². The number of thiophene rings is 1. The van der Waals surface area contributed by atoms with Gasteiger partial charge in [0.2, 0.25) is 5.91 Å². The number of hydrogen-bond donors (Lipinski definition) is 1. The Labute approximate surface area is 198 Å². The van der Waals surface area contributed by atoms with Gasteiger partial charge >= 0.3 is 0 Å². The number of methoxy groups -OCH3 is 1. The third-order valence-electron chi connectivity index (χ3n) is 5.66. The Kier molecular flexibility index (Phi) is 7.32. The largest absolute Gasteiger partial charge is 0.495 e. The number of para-hydroxylation sites is 2. The number of nitrogens with zero attached hydrogens (tertiary/aromatic N) is 2. The zero-order chi connectivity index (χ0) is 23.3. The molecule has 0 aliphatic carbocycles. The van der Waals surface area contributed by atoms with Gasteiger partial charge in [-0.05, 0) is 35.6 Å². The minimum Gasteiger partial charge on any atom is -0.495 e. The molecule has 9 heteroatoms. The highest BCUT2D eigenvalue weighted by atomic mass is 32.2. The van der Waals surface area contributed by atoms with Gasteiger partial charge in [-0.2, -0.15) is 4.72 Å². The molecule has 4 rings (SSSR count). The van der Waals surface area contributed by atoms with E-state index in [0.717, 1.165) is 28.3 Å². The van der Waals surface area contributed by atoms with Gasteiger partial charge < -0.3 is 14.5 Å². The van der Waals surface area contributed by atoms with E-state index >= 15 is 0 Å². The lowest BCUT2D eigenvalue weighted by Crippen LogP contribution is -2.55. The van der Waals surface area contributed by atoms with Crippen LogP contribution in [0.3, 0.4) is 0 Å². The molecule has 0 radical (unpaired) electrons. The number of anilines is 1. The SMILES string of the molecule is COc1ccccc1N1CCN(C(=O)[C@@H](Cc2ccccc2)NS(=O)(=O)c2cccs2)CC1. The second kappa shape index (κ2) is 10.4. The first-order valence-corrected chi connectivity index (χ1v) is 13.1. The average Bonchev–Trinajstić information content (AvgIpc) is 3.40. The van der Waals surface area contributed by atoms with Gasteiger partial charge in [-0.25, -0.2) is 8.42 Å². The summed E-state index contributed by atoms with van der Waals surface area (Å²) in [6.45, 7) is 2.29. The van der Waals surface area contributed by atoms with Crippen LogP contribution in [-0.2, 0) is 21.2 Å². The molecular weight excluding hydrogens is 458 g/mol. The molecule has 3 aromatic rings. The van der Waals surface area contributed by atoms with Gasteiger partial charge in [-0.15, -0.1) is 11.3 Å². The Morgan fingerprint density at radius 1 is 1.00 bits per heavy atom. The maximum Gasteiger partial charge on any atom is 0.250 e. The molecule has 1 aliphatic heterocycles. The average molecular weight is 486 g/mol. The number of hydrogen-bond acceptors (Lipinski definition) is 6. The first-order valence-electron chi connectivity index (χ1n) is 10.7. The minimum atomic E-state index is -3.79. The van der Waals surface area contributed by atoms with E-state index in [9.17, 15) is 13.2 Å². The number of nitrogens with one attached hydrogen (secondary N) is 1. The number of ether oxygens (including phenoxy) is 1. The monoisotopic (exact) mass is 485 g/mol. The molecule has 0 saturated carbocycles. The summed E-state index contributed by atoms with van der Waals surface area (Å²) in [6.07, 6.45) is 0.289. The lowest BCUT2D eigenvalue weighted by atomic mass is 10.1. The third kappa shape index (κ3) is 5.55. The first kappa shape index (κ1) is 23.3. The number of amides is 1. The van der Waals surface area contributed by atoms with E-state index in [1.807, 2.05) is 54.6 Å². The van der Waals surface area contributed by atoms with Crippen molar-refractivity contribution >= 4 is 33.0 Å². The number of piperazine rings is 1. The first-order chi connectivity index (χ1) is 16.0. The molecule has 2 aromatic carbocycles. The van der Waals surface area contributed by atoms with Gasteiger partial charge in [0.1, 0.15) is 16.0 Å². The molecule has 1 fully saturated rings. The van der Waals surface area contributed by atoms with Crippen molar-refractivity contribution < 1.29 is 17.9 Å². The Hall–Kier alpha value is -2.88. The van der Waals surface area contributed by atoms with Crippen LogP contribution in [0.25, 0.3) is 0 Å². The molecule has 1 amide bonds. The van der Waals surface area contributed by atoms with E-state index in [1.54, 1.807) is 29.5 Å². The zero-order valence-corrected chi connectivity index (χ0v) is 20.0. The van der Waals surface area contributed by atoms with Gasteiger partial charge in [0.25, 0.3) is 10.0 Å². The van der Waals surface area contributed by atoms with Crippen molar-refractivity contribution in [1.29, 1.82) is 0 Å². The number of carbonyl (C=O) groups excluding carboxylic acids is 1. The fourth-order valence-electron chi connectivity index (χ4n) is 3.97. The lowest BCUT2D eigenvalue weighted by Gasteiger charge is -2.38. The summed E-state index contributed by atoms with van der Waals surface area (Å²) in [5, 5.41) is 1.71. The normalized spacial score (nSPS) is 15.3. The Bertz CT molecular complexity index is 1160. The highest BCUT2D eigenvalue weighted by Crippen LogP contribution is 2.28. The molecule has 1 saturated heterocycles. The summed E-state index contributed by atoms with van der Waals surface area (Å²) in [4.78, 5) is 17.4. The molecule has 0 bridgehead atoms. The summed E-state index contributed by atoms with van der Waals surface area (Å²) in [5.41, 5.74) is 1.89. The van der Waals surface area contributed by atoms with Crippen molar-refractivity contribution in [1.82, 2.24) is 9.62 Å². The molecule has 7 nitrogen and oxygen atoms in total.